The fraction of sp³-hybridized carbons (Fsp3) is 0.320. The predicted molar refractivity (Wildman–Crippen MR) is 123 cm³/mol. The van der Waals surface area contributed by atoms with Gasteiger partial charge in [-0.1, -0.05) is 99.7 Å². The van der Waals surface area contributed by atoms with Crippen LogP contribution < -0.4 is 10.4 Å². The van der Waals surface area contributed by atoms with Crippen LogP contribution in [0.5, 0.6) is 0 Å². The van der Waals surface area contributed by atoms with E-state index in [4.69, 9.17) is 9.16 Å². The van der Waals surface area contributed by atoms with E-state index in [2.05, 4.69) is 69.3 Å². The minimum Gasteiger partial charge on any atom is -0.463 e. The third-order valence-corrected chi connectivity index (χ3v) is 9.92. The van der Waals surface area contributed by atoms with Crippen LogP contribution in [0.2, 0.25) is 5.04 Å². The summed E-state index contributed by atoms with van der Waals surface area (Å²) in [6, 6.07) is 21.1. The highest BCUT2D eigenvalue weighted by molar-refractivity contribution is 6.99. The Kier molecular flexibility index (Phi) is 8.17. The number of rotatable bonds is 8. The molecule has 0 aliphatic rings. The first-order valence-corrected chi connectivity index (χ1v) is 12.0. The zero-order valence-electron chi connectivity index (χ0n) is 18.1. The van der Waals surface area contributed by atoms with Gasteiger partial charge in [-0.3, -0.25) is 0 Å². The molecule has 0 radical (unpaired) electrons. The SMILES string of the molecule is CCOC(=O)/C=C/C=C\[C@H](C)O[Si](c1ccccc1)(c1ccccc1)C(C)(C)C. The highest BCUT2D eigenvalue weighted by Gasteiger charge is 2.50. The van der Waals surface area contributed by atoms with Gasteiger partial charge in [0.15, 0.2) is 0 Å². The minimum absolute atomic E-state index is 0.0709. The molecule has 2 aromatic rings. The smallest absolute Gasteiger partial charge is 0.330 e. The normalized spacial score (nSPS) is 13.7. The molecule has 0 aliphatic heterocycles. The number of hydrogen-bond acceptors (Lipinski definition) is 3. The van der Waals surface area contributed by atoms with Gasteiger partial charge in [0, 0.05) is 6.08 Å². The summed E-state index contributed by atoms with van der Waals surface area (Å²) in [5, 5.41) is 2.43. The van der Waals surface area contributed by atoms with E-state index in [1.807, 2.05) is 31.2 Å². The molecule has 0 N–H and O–H groups in total. The standard InChI is InChI=1S/C25H32O3Si/c1-6-27-24(26)20-14-13-15-21(2)28-29(25(3,4)5,22-16-9-7-10-17-22)23-18-11-8-12-19-23/h7-21H,6H2,1-5H3/b15-13-,20-14+/t21-/m0/s1. The molecule has 1 atom stereocenters. The van der Waals surface area contributed by atoms with Crippen LogP contribution >= 0.6 is 0 Å². The molecule has 3 nitrogen and oxygen atoms in total. The van der Waals surface area contributed by atoms with Crippen LogP contribution in [0.25, 0.3) is 0 Å². The number of ether oxygens (including phenoxy) is 1. The molecule has 0 fully saturated rings. The van der Waals surface area contributed by atoms with E-state index in [0.717, 1.165) is 0 Å². The van der Waals surface area contributed by atoms with Crippen molar-refractivity contribution in [3.05, 3.63) is 85.0 Å². The second kappa shape index (κ2) is 10.4. The van der Waals surface area contributed by atoms with Gasteiger partial charge in [0.1, 0.15) is 0 Å². The molecule has 0 heterocycles. The van der Waals surface area contributed by atoms with Crippen molar-refractivity contribution < 1.29 is 14.0 Å². The maximum absolute atomic E-state index is 11.5. The lowest BCUT2D eigenvalue weighted by molar-refractivity contribution is -0.137. The molecule has 0 saturated carbocycles. The Labute approximate surface area is 176 Å². The van der Waals surface area contributed by atoms with Gasteiger partial charge in [0.25, 0.3) is 8.32 Å². The topological polar surface area (TPSA) is 35.5 Å². The van der Waals surface area contributed by atoms with Gasteiger partial charge in [0.05, 0.1) is 12.7 Å². The summed E-state index contributed by atoms with van der Waals surface area (Å²) >= 11 is 0. The van der Waals surface area contributed by atoms with Crippen LogP contribution in [0, 0.1) is 0 Å². The summed E-state index contributed by atoms with van der Waals surface area (Å²) in [5.41, 5.74) is 0. The van der Waals surface area contributed by atoms with Crippen molar-refractivity contribution in [3.8, 4) is 0 Å². The fourth-order valence-electron chi connectivity index (χ4n) is 3.55. The quantitative estimate of drug-likeness (QED) is 0.277. The highest BCUT2D eigenvalue weighted by atomic mass is 28.4. The summed E-state index contributed by atoms with van der Waals surface area (Å²) in [6.45, 7) is 11.0. The number of carbonyl (C=O) groups is 1. The van der Waals surface area contributed by atoms with Gasteiger partial charge < -0.3 is 9.16 Å². The van der Waals surface area contributed by atoms with Crippen molar-refractivity contribution in [2.45, 2.75) is 45.8 Å². The summed E-state index contributed by atoms with van der Waals surface area (Å²) in [7, 11) is -2.57. The van der Waals surface area contributed by atoms with E-state index in [9.17, 15) is 4.79 Å². The van der Waals surface area contributed by atoms with Gasteiger partial charge in [-0.25, -0.2) is 4.79 Å². The Morgan fingerprint density at radius 2 is 1.48 bits per heavy atom. The molecule has 0 unspecified atom stereocenters. The average Bonchev–Trinajstić information content (AvgIpc) is 2.70. The largest absolute Gasteiger partial charge is 0.463 e. The van der Waals surface area contributed by atoms with Crippen LogP contribution in [0.4, 0.5) is 0 Å². The third-order valence-electron chi connectivity index (χ3n) is 4.79. The number of carbonyl (C=O) groups excluding carboxylic acids is 1. The Morgan fingerprint density at radius 3 is 1.93 bits per heavy atom. The maximum atomic E-state index is 11.5. The summed E-state index contributed by atoms with van der Waals surface area (Å²) in [4.78, 5) is 11.5. The van der Waals surface area contributed by atoms with Crippen LogP contribution in [0.1, 0.15) is 34.6 Å². The molecule has 2 rings (SSSR count). The maximum Gasteiger partial charge on any atom is 0.330 e. The van der Waals surface area contributed by atoms with Crippen molar-refractivity contribution in [2.75, 3.05) is 6.61 Å². The van der Waals surface area contributed by atoms with Crippen molar-refractivity contribution >= 4 is 24.7 Å². The lowest BCUT2D eigenvalue weighted by atomic mass is 10.2. The summed E-state index contributed by atoms with van der Waals surface area (Å²) in [6.07, 6.45) is 6.83. The molecule has 0 aromatic heterocycles. The molecule has 4 heteroatoms. The van der Waals surface area contributed by atoms with Gasteiger partial charge in [-0.05, 0) is 29.3 Å². The summed E-state index contributed by atoms with van der Waals surface area (Å²) in [5.74, 6) is -0.335. The van der Waals surface area contributed by atoms with E-state index in [-0.39, 0.29) is 17.1 Å². The molecular formula is C25H32O3Si. The summed E-state index contributed by atoms with van der Waals surface area (Å²) < 4.78 is 11.8. The van der Waals surface area contributed by atoms with E-state index in [1.54, 1.807) is 13.0 Å². The van der Waals surface area contributed by atoms with Crippen molar-refractivity contribution in [1.82, 2.24) is 0 Å². The zero-order valence-corrected chi connectivity index (χ0v) is 19.1. The first-order chi connectivity index (χ1) is 13.8. The first kappa shape index (κ1) is 22.9. The first-order valence-electron chi connectivity index (χ1n) is 10.1. The number of allylic oxidation sites excluding steroid dienone is 2. The van der Waals surface area contributed by atoms with Gasteiger partial charge in [-0.15, -0.1) is 0 Å². The molecule has 0 spiro atoms. The molecule has 0 bridgehead atoms. The van der Waals surface area contributed by atoms with Gasteiger partial charge in [-0.2, -0.15) is 0 Å². The van der Waals surface area contributed by atoms with Crippen molar-refractivity contribution in [1.29, 1.82) is 0 Å². The molecule has 154 valence electrons. The number of benzene rings is 2. The van der Waals surface area contributed by atoms with Crippen molar-refractivity contribution in [2.24, 2.45) is 0 Å². The van der Waals surface area contributed by atoms with Crippen LogP contribution in [-0.4, -0.2) is 27.0 Å². The Bertz CT molecular complexity index is 781. The molecule has 29 heavy (non-hydrogen) atoms. The van der Waals surface area contributed by atoms with Gasteiger partial charge >= 0.3 is 5.97 Å². The highest BCUT2D eigenvalue weighted by Crippen LogP contribution is 2.37. The lowest BCUT2D eigenvalue weighted by Crippen LogP contribution is -2.67. The van der Waals surface area contributed by atoms with Crippen LogP contribution in [0.15, 0.2) is 85.0 Å². The third kappa shape index (κ3) is 5.78. The van der Waals surface area contributed by atoms with E-state index in [0.29, 0.717) is 6.61 Å². The number of esters is 1. The number of hydrogen-bond donors (Lipinski definition) is 0. The molecular weight excluding hydrogens is 376 g/mol. The van der Waals surface area contributed by atoms with E-state index < -0.39 is 8.32 Å². The molecule has 0 amide bonds. The second-order valence-corrected chi connectivity index (χ2v) is 12.2. The van der Waals surface area contributed by atoms with Gasteiger partial charge in [0.2, 0.25) is 0 Å². The minimum atomic E-state index is -2.57. The van der Waals surface area contributed by atoms with Crippen molar-refractivity contribution in [3.63, 3.8) is 0 Å². The lowest BCUT2D eigenvalue weighted by Gasteiger charge is -2.44. The average molecular weight is 409 g/mol. The second-order valence-electron chi connectivity index (χ2n) is 7.98. The Morgan fingerprint density at radius 1 is 0.966 bits per heavy atom. The molecule has 2 aromatic carbocycles. The molecule has 0 aliphatic carbocycles. The Balaban J connectivity index is 2.40. The monoisotopic (exact) mass is 408 g/mol. The predicted octanol–water partition coefficient (Wildman–Crippen LogP) is 4.63. The van der Waals surface area contributed by atoms with E-state index >= 15 is 0 Å². The van der Waals surface area contributed by atoms with E-state index in [1.165, 1.54) is 16.4 Å². The van der Waals surface area contributed by atoms with Crippen LogP contribution in [0.3, 0.4) is 0 Å². The van der Waals surface area contributed by atoms with Crippen LogP contribution in [-0.2, 0) is 14.0 Å². The molecule has 0 saturated heterocycles. The zero-order chi connectivity index (χ0) is 21.3. The fourth-order valence-corrected chi connectivity index (χ4v) is 8.21. The Hall–Kier alpha value is -2.43.